The Bertz CT molecular complexity index is 673. The molecule has 0 radical (unpaired) electrons. The molecule has 1 aliphatic carbocycles. The van der Waals surface area contributed by atoms with E-state index in [2.05, 4.69) is 10.0 Å². The van der Waals surface area contributed by atoms with Crippen LogP contribution in [-0.4, -0.2) is 26.9 Å². The molecule has 0 aliphatic heterocycles. The molecule has 0 bridgehead atoms. The molecule has 122 valence electrons. The fraction of sp³-hybridized carbons (Fsp3) is 0.500. The number of amides is 1. The van der Waals surface area contributed by atoms with E-state index in [1.807, 2.05) is 6.92 Å². The van der Waals surface area contributed by atoms with Crippen LogP contribution in [0.2, 0.25) is 10.0 Å². The van der Waals surface area contributed by atoms with Gasteiger partial charge in [-0.15, -0.1) is 0 Å². The number of sulfonamides is 1. The molecule has 0 spiro atoms. The minimum atomic E-state index is -3.75. The molecule has 0 saturated heterocycles. The highest BCUT2D eigenvalue weighted by Gasteiger charge is 2.30. The molecule has 5 nitrogen and oxygen atoms in total. The Hall–Kier alpha value is -0.820. The van der Waals surface area contributed by atoms with Crippen LogP contribution in [0.15, 0.2) is 17.0 Å². The lowest BCUT2D eigenvalue weighted by atomic mass is 10.2. The van der Waals surface area contributed by atoms with Gasteiger partial charge in [-0.3, -0.25) is 4.79 Å². The molecule has 0 unspecified atom stereocenters. The Morgan fingerprint density at radius 2 is 1.95 bits per heavy atom. The molecule has 0 aromatic heterocycles. The molecule has 1 amide bonds. The summed E-state index contributed by atoms with van der Waals surface area (Å²) in [6.07, 6.45) is 3.41. The fourth-order valence-electron chi connectivity index (χ4n) is 1.87. The molecule has 1 aliphatic rings. The molecule has 1 aromatic carbocycles. The van der Waals surface area contributed by atoms with Crippen LogP contribution >= 0.6 is 23.2 Å². The summed E-state index contributed by atoms with van der Waals surface area (Å²) in [5.74, 6) is -0.405. The smallest absolute Gasteiger partial charge is 0.252 e. The van der Waals surface area contributed by atoms with Crippen LogP contribution in [0.5, 0.6) is 0 Å². The molecule has 8 heteroatoms. The van der Waals surface area contributed by atoms with Gasteiger partial charge < -0.3 is 5.32 Å². The highest BCUT2D eigenvalue weighted by Crippen LogP contribution is 2.30. The topological polar surface area (TPSA) is 75.3 Å². The summed E-state index contributed by atoms with van der Waals surface area (Å²) < 4.78 is 27.1. The standard InChI is InChI=1S/C14H18Cl2N2O3S/c1-2-3-6-17-14(19)10-7-13(12(16)8-11(10)15)22(20,21)18-9-4-5-9/h7-9,18H,2-6H2,1H3,(H,17,19). The number of nitrogens with one attached hydrogen (secondary N) is 2. The van der Waals surface area contributed by atoms with Crippen molar-refractivity contribution in [3.8, 4) is 0 Å². The summed E-state index contributed by atoms with van der Waals surface area (Å²) in [5, 5.41) is 2.84. The third-order valence-corrected chi connectivity index (χ3v) is 5.57. The summed E-state index contributed by atoms with van der Waals surface area (Å²) in [5.41, 5.74) is 0.110. The minimum Gasteiger partial charge on any atom is -0.352 e. The van der Waals surface area contributed by atoms with Crippen molar-refractivity contribution in [2.24, 2.45) is 0 Å². The first-order valence-electron chi connectivity index (χ1n) is 7.14. The van der Waals surface area contributed by atoms with Crippen molar-refractivity contribution in [1.29, 1.82) is 0 Å². The van der Waals surface area contributed by atoms with Gasteiger partial charge in [-0.05, 0) is 31.4 Å². The quantitative estimate of drug-likeness (QED) is 0.730. The predicted octanol–water partition coefficient (Wildman–Crippen LogP) is 2.96. The summed E-state index contributed by atoms with van der Waals surface area (Å²) in [6, 6.07) is 2.48. The lowest BCUT2D eigenvalue weighted by Crippen LogP contribution is -2.28. The number of hydrogen-bond donors (Lipinski definition) is 2. The van der Waals surface area contributed by atoms with E-state index in [0.29, 0.717) is 6.54 Å². The first kappa shape index (κ1) is 17.5. The van der Waals surface area contributed by atoms with Crippen LogP contribution in [0.1, 0.15) is 43.0 Å². The van der Waals surface area contributed by atoms with Crippen LogP contribution in [0, 0.1) is 0 Å². The van der Waals surface area contributed by atoms with Crippen LogP contribution in [0.4, 0.5) is 0 Å². The molecular weight excluding hydrogens is 347 g/mol. The van der Waals surface area contributed by atoms with Crippen LogP contribution in [0.25, 0.3) is 0 Å². The van der Waals surface area contributed by atoms with E-state index in [4.69, 9.17) is 23.2 Å². The number of carbonyl (C=O) groups is 1. The van der Waals surface area contributed by atoms with Crippen molar-refractivity contribution in [1.82, 2.24) is 10.0 Å². The SMILES string of the molecule is CCCCNC(=O)c1cc(S(=O)(=O)NC2CC2)c(Cl)cc1Cl. The Balaban J connectivity index is 2.28. The Labute approximate surface area is 140 Å². The van der Waals surface area contributed by atoms with Crippen molar-refractivity contribution in [3.05, 3.63) is 27.7 Å². The first-order chi connectivity index (χ1) is 10.3. The van der Waals surface area contributed by atoms with Crippen LogP contribution in [-0.2, 0) is 10.0 Å². The van der Waals surface area contributed by atoms with Gasteiger partial charge in [0.05, 0.1) is 15.6 Å². The van der Waals surface area contributed by atoms with E-state index in [1.54, 1.807) is 0 Å². The zero-order valence-electron chi connectivity index (χ0n) is 12.2. The van der Waals surface area contributed by atoms with Crippen molar-refractivity contribution in [3.63, 3.8) is 0 Å². The molecular formula is C14H18Cl2N2O3S. The van der Waals surface area contributed by atoms with Gasteiger partial charge in [0.1, 0.15) is 4.90 Å². The van der Waals surface area contributed by atoms with Crippen LogP contribution < -0.4 is 10.0 Å². The van der Waals surface area contributed by atoms with Crippen LogP contribution in [0.3, 0.4) is 0 Å². The minimum absolute atomic E-state index is 0.00302. The number of unbranched alkanes of at least 4 members (excludes halogenated alkanes) is 1. The van der Waals surface area contributed by atoms with Gasteiger partial charge in [0, 0.05) is 12.6 Å². The predicted molar refractivity (Wildman–Crippen MR) is 87.0 cm³/mol. The van der Waals surface area contributed by atoms with Gasteiger partial charge >= 0.3 is 0 Å². The largest absolute Gasteiger partial charge is 0.352 e. The lowest BCUT2D eigenvalue weighted by Gasteiger charge is -2.11. The van der Waals surface area contributed by atoms with E-state index in [0.717, 1.165) is 25.7 Å². The molecule has 1 saturated carbocycles. The van der Waals surface area contributed by atoms with E-state index >= 15 is 0 Å². The van der Waals surface area contributed by atoms with Gasteiger partial charge in [0.2, 0.25) is 10.0 Å². The lowest BCUT2D eigenvalue weighted by molar-refractivity contribution is 0.0953. The van der Waals surface area contributed by atoms with Crippen molar-refractivity contribution >= 4 is 39.1 Å². The second-order valence-electron chi connectivity index (χ2n) is 5.27. The van der Waals surface area contributed by atoms with E-state index < -0.39 is 15.9 Å². The highest BCUT2D eigenvalue weighted by atomic mass is 35.5. The monoisotopic (exact) mass is 364 g/mol. The molecule has 22 heavy (non-hydrogen) atoms. The van der Waals surface area contributed by atoms with Gasteiger partial charge in [-0.1, -0.05) is 36.5 Å². The summed E-state index contributed by atoms with van der Waals surface area (Å²) in [4.78, 5) is 12.0. The highest BCUT2D eigenvalue weighted by molar-refractivity contribution is 7.89. The molecule has 2 N–H and O–H groups in total. The zero-order chi connectivity index (χ0) is 16.3. The van der Waals surface area contributed by atoms with Gasteiger partial charge in [0.15, 0.2) is 0 Å². The van der Waals surface area contributed by atoms with Gasteiger partial charge in [-0.2, -0.15) is 0 Å². The number of hydrogen-bond acceptors (Lipinski definition) is 3. The Kier molecular flexibility index (Phi) is 5.71. The second kappa shape index (κ2) is 7.17. The fourth-order valence-corrected chi connectivity index (χ4v) is 4.03. The first-order valence-corrected chi connectivity index (χ1v) is 9.38. The third kappa shape index (κ3) is 4.35. The number of rotatable bonds is 7. The number of benzene rings is 1. The summed E-state index contributed by atoms with van der Waals surface area (Å²) in [7, 11) is -3.75. The van der Waals surface area contributed by atoms with Gasteiger partial charge in [0.25, 0.3) is 5.91 Å². The Morgan fingerprint density at radius 3 is 2.55 bits per heavy atom. The maximum Gasteiger partial charge on any atom is 0.252 e. The van der Waals surface area contributed by atoms with E-state index in [-0.39, 0.29) is 26.5 Å². The molecule has 1 aromatic rings. The van der Waals surface area contributed by atoms with E-state index in [9.17, 15) is 13.2 Å². The average Bonchev–Trinajstić information content (AvgIpc) is 3.21. The zero-order valence-corrected chi connectivity index (χ0v) is 14.5. The van der Waals surface area contributed by atoms with Gasteiger partial charge in [-0.25, -0.2) is 13.1 Å². The maximum absolute atomic E-state index is 12.3. The second-order valence-corrected chi connectivity index (χ2v) is 7.76. The number of halogens is 2. The molecule has 0 atom stereocenters. The molecule has 2 rings (SSSR count). The number of carbonyl (C=O) groups excluding carboxylic acids is 1. The Morgan fingerprint density at radius 1 is 1.27 bits per heavy atom. The molecule has 0 heterocycles. The summed E-state index contributed by atoms with van der Waals surface area (Å²) in [6.45, 7) is 2.52. The van der Waals surface area contributed by atoms with Crippen molar-refractivity contribution in [2.45, 2.75) is 43.5 Å². The average molecular weight is 365 g/mol. The summed E-state index contributed by atoms with van der Waals surface area (Å²) >= 11 is 12.0. The normalized spacial score (nSPS) is 14.9. The molecule has 1 fully saturated rings. The third-order valence-electron chi connectivity index (χ3n) is 3.27. The van der Waals surface area contributed by atoms with E-state index in [1.165, 1.54) is 12.1 Å². The van der Waals surface area contributed by atoms with Crippen molar-refractivity contribution in [2.75, 3.05) is 6.54 Å². The maximum atomic E-state index is 12.3. The van der Waals surface area contributed by atoms with Crippen molar-refractivity contribution < 1.29 is 13.2 Å².